The van der Waals surface area contributed by atoms with E-state index in [2.05, 4.69) is 5.32 Å². The highest BCUT2D eigenvalue weighted by Gasteiger charge is 2.19. The molecule has 0 fully saturated rings. The van der Waals surface area contributed by atoms with Crippen LogP contribution in [-0.4, -0.2) is 24.8 Å². The van der Waals surface area contributed by atoms with Gasteiger partial charge in [0.15, 0.2) is 0 Å². The Hall–Kier alpha value is -2.95. The van der Waals surface area contributed by atoms with Gasteiger partial charge in [-0.1, -0.05) is 30.3 Å². The number of ketones is 1. The molecule has 5 heteroatoms. The van der Waals surface area contributed by atoms with Crippen LogP contribution < -0.4 is 5.32 Å². The lowest BCUT2D eigenvalue weighted by Crippen LogP contribution is -2.12. The predicted molar refractivity (Wildman–Crippen MR) is 89.0 cm³/mol. The number of Topliss-reactive ketones (excluding diaryl/α,β-unsaturated/α-hetero) is 1. The van der Waals surface area contributed by atoms with Gasteiger partial charge in [0.05, 0.1) is 19.1 Å². The standard InChI is InChI=1S/C19H17NO4/c1-24-19(23)16-5-3-2-4-13(16)10-15(21)9-12-6-7-17-14(8-12)11-18(22)20-17/h2-8H,9-11H2,1H3,(H,20,22). The van der Waals surface area contributed by atoms with E-state index in [1.807, 2.05) is 18.2 Å². The number of esters is 1. The highest BCUT2D eigenvalue weighted by atomic mass is 16.5. The Bertz CT molecular complexity index is 826. The molecule has 0 aromatic heterocycles. The van der Waals surface area contributed by atoms with Crippen LogP contribution in [0.4, 0.5) is 5.69 Å². The second kappa shape index (κ2) is 6.66. The highest BCUT2D eigenvalue weighted by molar-refractivity contribution is 5.99. The first kappa shape index (κ1) is 15.9. The van der Waals surface area contributed by atoms with Crippen molar-refractivity contribution < 1.29 is 19.1 Å². The second-order valence-corrected chi connectivity index (χ2v) is 5.76. The Morgan fingerprint density at radius 2 is 1.92 bits per heavy atom. The quantitative estimate of drug-likeness (QED) is 0.857. The first-order valence-corrected chi connectivity index (χ1v) is 7.66. The van der Waals surface area contributed by atoms with Gasteiger partial charge in [0.2, 0.25) is 5.91 Å². The molecule has 0 unspecified atom stereocenters. The lowest BCUT2D eigenvalue weighted by molar-refractivity contribution is -0.118. The zero-order valence-corrected chi connectivity index (χ0v) is 13.3. The summed E-state index contributed by atoms with van der Waals surface area (Å²) in [6, 6.07) is 12.5. The number of ether oxygens (including phenoxy) is 1. The van der Waals surface area contributed by atoms with Crippen LogP contribution >= 0.6 is 0 Å². The van der Waals surface area contributed by atoms with E-state index in [4.69, 9.17) is 4.74 Å². The summed E-state index contributed by atoms with van der Waals surface area (Å²) in [6.45, 7) is 0. The van der Waals surface area contributed by atoms with Crippen molar-refractivity contribution in [3.8, 4) is 0 Å². The summed E-state index contributed by atoms with van der Waals surface area (Å²) in [5.74, 6) is -0.468. The minimum absolute atomic E-state index is 0.00332. The van der Waals surface area contributed by atoms with Crippen molar-refractivity contribution in [2.75, 3.05) is 12.4 Å². The molecule has 122 valence electrons. The number of fused-ring (bicyclic) bond motifs is 1. The summed E-state index contributed by atoms with van der Waals surface area (Å²) in [4.78, 5) is 35.5. The summed E-state index contributed by atoms with van der Waals surface area (Å²) >= 11 is 0. The molecule has 0 aliphatic carbocycles. The Morgan fingerprint density at radius 1 is 1.12 bits per heavy atom. The van der Waals surface area contributed by atoms with E-state index in [9.17, 15) is 14.4 Å². The monoisotopic (exact) mass is 323 g/mol. The van der Waals surface area contributed by atoms with Gasteiger partial charge in [0.1, 0.15) is 5.78 Å². The zero-order chi connectivity index (χ0) is 17.1. The van der Waals surface area contributed by atoms with Crippen LogP contribution in [0, 0.1) is 0 Å². The van der Waals surface area contributed by atoms with Gasteiger partial charge in [-0.3, -0.25) is 9.59 Å². The molecule has 0 atom stereocenters. The predicted octanol–water partition coefficient (Wildman–Crippen LogP) is 2.32. The van der Waals surface area contributed by atoms with Crippen LogP contribution in [0.3, 0.4) is 0 Å². The largest absolute Gasteiger partial charge is 0.465 e. The van der Waals surface area contributed by atoms with Gasteiger partial charge in [0.25, 0.3) is 0 Å². The summed E-state index contributed by atoms with van der Waals surface area (Å²) in [5, 5.41) is 2.77. The molecule has 3 rings (SSSR count). The molecule has 0 radical (unpaired) electrons. The average Bonchev–Trinajstić information content (AvgIpc) is 2.94. The van der Waals surface area contributed by atoms with Crippen molar-refractivity contribution >= 4 is 23.3 Å². The molecule has 1 aliphatic heterocycles. The normalized spacial score (nSPS) is 12.5. The number of anilines is 1. The summed E-state index contributed by atoms with van der Waals surface area (Å²) in [7, 11) is 1.32. The Morgan fingerprint density at radius 3 is 2.71 bits per heavy atom. The van der Waals surface area contributed by atoms with E-state index in [-0.39, 0.29) is 24.5 Å². The number of carbonyl (C=O) groups excluding carboxylic acids is 3. The number of amides is 1. The van der Waals surface area contributed by atoms with Crippen molar-refractivity contribution in [1.82, 2.24) is 0 Å². The number of carbonyl (C=O) groups is 3. The van der Waals surface area contributed by atoms with Crippen molar-refractivity contribution in [2.45, 2.75) is 19.3 Å². The van der Waals surface area contributed by atoms with Crippen molar-refractivity contribution in [1.29, 1.82) is 0 Å². The molecule has 1 N–H and O–H groups in total. The van der Waals surface area contributed by atoms with E-state index < -0.39 is 5.97 Å². The molecule has 0 saturated carbocycles. The topological polar surface area (TPSA) is 72.5 Å². The summed E-state index contributed by atoms with van der Waals surface area (Å²) in [6.07, 6.45) is 0.777. The second-order valence-electron chi connectivity index (χ2n) is 5.76. The van der Waals surface area contributed by atoms with Crippen LogP contribution in [0.5, 0.6) is 0 Å². The molecule has 24 heavy (non-hydrogen) atoms. The third-order valence-corrected chi connectivity index (χ3v) is 4.01. The maximum Gasteiger partial charge on any atom is 0.338 e. The minimum atomic E-state index is -0.444. The van der Waals surface area contributed by atoms with Gasteiger partial charge >= 0.3 is 5.97 Å². The van der Waals surface area contributed by atoms with Gasteiger partial charge in [-0.15, -0.1) is 0 Å². The summed E-state index contributed by atoms with van der Waals surface area (Å²) < 4.78 is 4.75. The molecule has 0 saturated heterocycles. The van der Waals surface area contributed by atoms with Crippen molar-refractivity contribution in [3.05, 3.63) is 64.7 Å². The van der Waals surface area contributed by atoms with Crippen LogP contribution in [0.1, 0.15) is 27.0 Å². The van der Waals surface area contributed by atoms with Crippen LogP contribution in [0.25, 0.3) is 0 Å². The van der Waals surface area contributed by atoms with Crippen LogP contribution in [0.2, 0.25) is 0 Å². The fourth-order valence-corrected chi connectivity index (χ4v) is 2.88. The first-order chi connectivity index (χ1) is 11.6. The molecule has 1 heterocycles. The van der Waals surface area contributed by atoms with E-state index in [1.165, 1.54) is 7.11 Å². The molecule has 0 bridgehead atoms. The van der Waals surface area contributed by atoms with Crippen LogP contribution in [0.15, 0.2) is 42.5 Å². The van der Waals surface area contributed by atoms with E-state index in [1.54, 1.807) is 24.3 Å². The number of hydrogen-bond acceptors (Lipinski definition) is 4. The van der Waals surface area contributed by atoms with Gasteiger partial charge in [0, 0.05) is 18.5 Å². The lowest BCUT2D eigenvalue weighted by Gasteiger charge is -2.08. The maximum absolute atomic E-state index is 12.4. The Kier molecular flexibility index (Phi) is 4.42. The third kappa shape index (κ3) is 3.35. The minimum Gasteiger partial charge on any atom is -0.465 e. The highest BCUT2D eigenvalue weighted by Crippen LogP contribution is 2.24. The lowest BCUT2D eigenvalue weighted by atomic mass is 9.97. The first-order valence-electron chi connectivity index (χ1n) is 7.66. The Balaban J connectivity index is 1.72. The molecule has 0 spiro atoms. The maximum atomic E-state index is 12.4. The van der Waals surface area contributed by atoms with E-state index in [0.717, 1.165) is 16.8 Å². The molecule has 2 aromatic carbocycles. The summed E-state index contributed by atoms with van der Waals surface area (Å²) in [5.41, 5.74) is 3.67. The van der Waals surface area contributed by atoms with Crippen molar-refractivity contribution in [2.24, 2.45) is 0 Å². The molecule has 5 nitrogen and oxygen atoms in total. The molecule has 1 aliphatic rings. The SMILES string of the molecule is COC(=O)c1ccccc1CC(=O)Cc1ccc2c(c1)CC(=O)N2. The number of nitrogens with one attached hydrogen (secondary N) is 1. The van der Waals surface area contributed by atoms with E-state index >= 15 is 0 Å². The number of benzene rings is 2. The van der Waals surface area contributed by atoms with Gasteiger partial charge < -0.3 is 10.1 Å². The fraction of sp³-hybridized carbons (Fsp3) is 0.211. The zero-order valence-electron chi connectivity index (χ0n) is 13.3. The van der Waals surface area contributed by atoms with E-state index in [0.29, 0.717) is 17.5 Å². The van der Waals surface area contributed by atoms with Gasteiger partial charge in [-0.2, -0.15) is 0 Å². The van der Waals surface area contributed by atoms with Gasteiger partial charge in [-0.25, -0.2) is 4.79 Å². The third-order valence-electron chi connectivity index (χ3n) is 4.01. The number of methoxy groups -OCH3 is 1. The number of rotatable bonds is 5. The smallest absolute Gasteiger partial charge is 0.338 e. The molecule has 1 amide bonds. The molecular weight excluding hydrogens is 306 g/mol. The molecular formula is C19H17NO4. The van der Waals surface area contributed by atoms with Crippen LogP contribution in [-0.2, 0) is 33.6 Å². The average molecular weight is 323 g/mol. The van der Waals surface area contributed by atoms with Crippen molar-refractivity contribution in [3.63, 3.8) is 0 Å². The number of hydrogen-bond donors (Lipinski definition) is 1. The Labute approximate surface area is 139 Å². The van der Waals surface area contributed by atoms with Gasteiger partial charge in [-0.05, 0) is 28.8 Å². The fourth-order valence-electron chi connectivity index (χ4n) is 2.88. The molecule has 2 aromatic rings.